The third-order valence-electron chi connectivity index (χ3n) is 2.47. The van der Waals surface area contributed by atoms with Gasteiger partial charge in [-0.05, 0) is 13.0 Å². The topological polar surface area (TPSA) is 18.5 Å². The second-order valence-corrected chi connectivity index (χ2v) is 4.35. The molecule has 1 fully saturated rings. The van der Waals surface area contributed by atoms with Crippen LogP contribution in [0, 0.1) is 0 Å². The minimum absolute atomic E-state index is 0.0621. The largest absolute Gasteiger partial charge is 0.343 e. The van der Waals surface area contributed by atoms with Crippen molar-refractivity contribution in [2.75, 3.05) is 12.5 Å². The van der Waals surface area contributed by atoms with Crippen molar-refractivity contribution < 1.29 is 9.47 Å². The molecule has 2 atom stereocenters. The van der Waals surface area contributed by atoms with Crippen molar-refractivity contribution in [3.05, 3.63) is 34.9 Å². The van der Waals surface area contributed by atoms with Crippen LogP contribution < -0.4 is 0 Å². The number of hydrogen-bond acceptors (Lipinski definition) is 2. The van der Waals surface area contributed by atoms with Crippen molar-refractivity contribution in [2.45, 2.75) is 18.8 Å². The molecule has 1 aromatic carbocycles. The molecule has 1 aliphatic heterocycles. The lowest BCUT2D eigenvalue weighted by Gasteiger charge is -2.24. The maximum Gasteiger partial charge on any atom is 0.193 e. The van der Waals surface area contributed by atoms with Crippen molar-refractivity contribution in [2.24, 2.45) is 0 Å². The predicted molar refractivity (Wildman–Crippen MR) is 60.3 cm³/mol. The van der Waals surface area contributed by atoms with Crippen molar-refractivity contribution in [1.82, 2.24) is 0 Å². The normalized spacial score (nSPS) is 30.7. The Bertz CT molecular complexity index is 356. The lowest BCUT2D eigenvalue weighted by Crippen LogP contribution is -2.24. The summed E-state index contributed by atoms with van der Waals surface area (Å²) in [6, 6.07) is 7.51. The second kappa shape index (κ2) is 4.30. The van der Waals surface area contributed by atoms with Gasteiger partial charge < -0.3 is 9.47 Å². The molecule has 2 rings (SSSR count). The van der Waals surface area contributed by atoms with E-state index >= 15 is 0 Å². The van der Waals surface area contributed by atoms with E-state index in [0.29, 0.717) is 17.5 Å². The van der Waals surface area contributed by atoms with E-state index < -0.39 is 5.79 Å². The number of halogens is 2. The van der Waals surface area contributed by atoms with E-state index in [2.05, 4.69) is 0 Å². The van der Waals surface area contributed by atoms with E-state index in [1.165, 1.54) is 0 Å². The van der Waals surface area contributed by atoms with Gasteiger partial charge in [-0.1, -0.05) is 29.8 Å². The van der Waals surface area contributed by atoms with Crippen molar-refractivity contribution in [1.29, 1.82) is 0 Å². The molecule has 82 valence electrons. The molecule has 1 heterocycles. The Labute approximate surface area is 99.1 Å². The van der Waals surface area contributed by atoms with Gasteiger partial charge in [-0.25, -0.2) is 0 Å². The highest BCUT2D eigenvalue weighted by molar-refractivity contribution is 6.31. The van der Waals surface area contributed by atoms with Crippen molar-refractivity contribution in [3.63, 3.8) is 0 Å². The van der Waals surface area contributed by atoms with Gasteiger partial charge in [-0.3, -0.25) is 0 Å². The van der Waals surface area contributed by atoms with E-state index in [0.717, 1.165) is 5.56 Å². The van der Waals surface area contributed by atoms with Gasteiger partial charge in [0, 0.05) is 10.6 Å². The number of alkyl halides is 1. The molecule has 1 saturated heterocycles. The highest BCUT2D eigenvalue weighted by Gasteiger charge is 2.39. The molecule has 0 amide bonds. The highest BCUT2D eigenvalue weighted by atomic mass is 35.5. The maximum absolute atomic E-state index is 6.09. The Morgan fingerprint density at radius 1 is 1.47 bits per heavy atom. The summed E-state index contributed by atoms with van der Waals surface area (Å²) in [5, 5.41) is 0.648. The molecule has 15 heavy (non-hydrogen) atoms. The molecule has 1 aromatic rings. The van der Waals surface area contributed by atoms with E-state index in [-0.39, 0.29) is 6.10 Å². The molecule has 0 aromatic heterocycles. The molecule has 0 spiro atoms. The Balaban J connectivity index is 2.27. The summed E-state index contributed by atoms with van der Waals surface area (Å²) in [6.45, 7) is 2.37. The molecule has 0 bridgehead atoms. The van der Waals surface area contributed by atoms with Gasteiger partial charge in [0.05, 0.1) is 18.6 Å². The molecule has 0 saturated carbocycles. The van der Waals surface area contributed by atoms with Gasteiger partial charge in [-0.2, -0.15) is 0 Å². The Kier molecular flexibility index (Phi) is 3.21. The first kappa shape index (κ1) is 11.2. The van der Waals surface area contributed by atoms with E-state index in [1.54, 1.807) is 0 Å². The fraction of sp³-hybridized carbons (Fsp3) is 0.455. The van der Waals surface area contributed by atoms with E-state index in [4.69, 9.17) is 32.7 Å². The van der Waals surface area contributed by atoms with Gasteiger partial charge in [-0.15, -0.1) is 11.6 Å². The monoisotopic (exact) mass is 246 g/mol. The average Bonchev–Trinajstić information content (AvgIpc) is 2.62. The van der Waals surface area contributed by atoms with E-state index in [9.17, 15) is 0 Å². The Hall–Kier alpha value is -0.280. The standard InChI is InChI=1S/C11H12Cl2O2/c1-11(14-7-8(6-12)15-11)9-4-2-3-5-10(9)13/h2-5,8H,6-7H2,1H3. The molecule has 1 aliphatic rings. The number of benzene rings is 1. The molecule has 0 radical (unpaired) electrons. The smallest absolute Gasteiger partial charge is 0.193 e. The molecular formula is C11H12Cl2O2. The maximum atomic E-state index is 6.09. The SMILES string of the molecule is CC1(c2ccccc2Cl)OCC(CCl)O1. The van der Waals surface area contributed by atoms with Gasteiger partial charge in [0.25, 0.3) is 0 Å². The summed E-state index contributed by atoms with van der Waals surface area (Å²) >= 11 is 11.8. The van der Waals surface area contributed by atoms with Crippen LogP contribution in [0.25, 0.3) is 0 Å². The van der Waals surface area contributed by atoms with Gasteiger partial charge in [0.15, 0.2) is 5.79 Å². The molecule has 2 nitrogen and oxygen atoms in total. The Morgan fingerprint density at radius 3 is 2.80 bits per heavy atom. The molecule has 4 heteroatoms. The quantitative estimate of drug-likeness (QED) is 0.747. The van der Waals surface area contributed by atoms with Crippen LogP contribution in [-0.4, -0.2) is 18.6 Å². The third kappa shape index (κ3) is 2.13. The zero-order valence-electron chi connectivity index (χ0n) is 8.37. The second-order valence-electron chi connectivity index (χ2n) is 3.63. The van der Waals surface area contributed by atoms with Crippen molar-refractivity contribution >= 4 is 23.2 Å². The van der Waals surface area contributed by atoms with Crippen LogP contribution >= 0.6 is 23.2 Å². The predicted octanol–water partition coefficient (Wildman–Crippen LogP) is 3.17. The number of rotatable bonds is 2. The van der Waals surface area contributed by atoms with Gasteiger partial charge in [0.1, 0.15) is 0 Å². The van der Waals surface area contributed by atoms with Gasteiger partial charge >= 0.3 is 0 Å². The molecule has 2 unspecified atom stereocenters. The third-order valence-corrected chi connectivity index (χ3v) is 3.15. The summed E-state index contributed by atoms with van der Waals surface area (Å²) in [7, 11) is 0. The highest BCUT2D eigenvalue weighted by Crippen LogP contribution is 2.37. The fourth-order valence-electron chi connectivity index (χ4n) is 1.68. The van der Waals surface area contributed by atoms with Crippen LogP contribution in [0.1, 0.15) is 12.5 Å². The summed E-state index contributed by atoms with van der Waals surface area (Å²) in [5.74, 6) is -0.335. The van der Waals surface area contributed by atoms with Crippen LogP contribution in [0.2, 0.25) is 5.02 Å². The van der Waals surface area contributed by atoms with Crippen LogP contribution in [0.4, 0.5) is 0 Å². The van der Waals surface area contributed by atoms with Crippen LogP contribution in [-0.2, 0) is 15.3 Å². The number of ether oxygens (including phenoxy) is 2. The van der Waals surface area contributed by atoms with E-state index in [1.807, 2.05) is 31.2 Å². The van der Waals surface area contributed by atoms with Crippen LogP contribution in [0.5, 0.6) is 0 Å². The molecule has 0 aliphatic carbocycles. The minimum Gasteiger partial charge on any atom is -0.343 e. The van der Waals surface area contributed by atoms with Crippen LogP contribution in [0.15, 0.2) is 24.3 Å². The van der Waals surface area contributed by atoms with Gasteiger partial charge in [0.2, 0.25) is 0 Å². The first-order valence-electron chi connectivity index (χ1n) is 4.78. The fourth-order valence-corrected chi connectivity index (χ4v) is 2.14. The lowest BCUT2D eigenvalue weighted by molar-refractivity contribution is -0.159. The Morgan fingerprint density at radius 2 is 2.20 bits per heavy atom. The van der Waals surface area contributed by atoms with Crippen molar-refractivity contribution in [3.8, 4) is 0 Å². The first-order chi connectivity index (χ1) is 7.15. The summed E-state index contributed by atoms with van der Waals surface area (Å²) < 4.78 is 11.3. The zero-order valence-corrected chi connectivity index (χ0v) is 9.89. The summed E-state index contributed by atoms with van der Waals surface area (Å²) in [4.78, 5) is 0. The van der Waals surface area contributed by atoms with Crippen LogP contribution in [0.3, 0.4) is 0 Å². The average molecular weight is 247 g/mol. The number of hydrogen-bond donors (Lipinski definition) is 0. The molecular weight excluding hydrogens is 235 g/mol. The first-order valence-corrected chi connectivity index (χ1v) is 5.70. The summed E-state index contributed by atoms with van der Waals surface area (Å²) in [5.41, 5.74) is 0.847. The lowest BCUT2D eigenvalue weighted by atomic mass is 10.1. The zero-order chi connectivity index (χ0) is 10.9. The minimum atomic E-state index is -0.766. The summed E-state index contributed by atoms with van der Waals surface area (Å²) in [6.07, 6.45) is -0.0621. The molecule has 0 N–H and O–H groups in total.